The van der Waals surface area contributed by atoms with Crippen molar-refractivity contribution in [1.82, 2.24) is 0 Å². The average molecular weight is 222 g/mol. The molecule has 1 rings (SSSR count). The molecule has 0 atom stereocenters. The van der Waals surface area contributed by atoms with Crippen molar-refractivity contribution >= 4 is 15.9 Å². The van der Waals surface area contributed by atoms with Crippen molar-refractivity contribution in [3.8, 4) is 6.07 Å². The predicted octanol–water partition coefficient (Wildman–Crippen LogP) is 3.05. The zero-order valence-electron chi connectivity index (χ0n) is 6.55. The van der Waals surface area contributed by atoms with E-state index in [1.807, 2.05) is 24.3 Å². The van der Waals surface area contributed by atoms with Gasteiger partial charge in [-0.15, -0.1) is 6.58 Å². The molecule has 2 heteroatoms. The van der Waals surface area contributed by atoms with Gasteiger partial charge in [0.25, 0.3) is 0 Å². The van der Waals surface area contributed by atoms with E-state index in [-0.39, 0.29) is 0 Å². The summed E-state index contributed by atoms with van der Waals surface area (Å²) < 4.78 is 0.845. The fourth-order valence-electron chi connectivity index (χ4n) is 0.952. The Morgan fingerprint density at radius 1 is 1.58 bits per heavy atom. The Morgan fingerprint density at radius 2 is 2.33 bits per heavy atom. The van der Waals surface area contributed by atoms with E-state index >= 15 is 0 Å². The lowest BCUT2D eigenvalue weighted by Crippen LogP contribution is -1.83. The minimum Gasteiger partial charge on any atom is -0.192 e. The van der Waals surface area contributed by atoms with E-state index in [9.17, 15) is 0 Å². The smallest absolute Gasteiger partial charge is 0.100 e. The topological polar surface area (TPSA) is 23.8 Å². The molecule has 0 spiro atoms. The first-order chi connectivity index (χ1) is 5.77. The number of nitriles is 1. The van der Waals surface area contributed by atoms with E-state index in [1.54, 1.807) is 0 Å². The van der Waals surface area contributed by atoms with Gasteiger partial charge in [-0.25, -0.2) is 0 Å². The molecule has 0 saturated heterocycles. The zero-order valence-corrected chi connectivity index (χ0v) is 8.13. The second kappa shape index (κ2) is 4.08. The quantitative estimate of drug-likeness (QED) is 0.705. The molecular weight excluding hydrogens is 214 g/mol. The Kier molecular flexibility index (Phi) is 3.07. The molecule has 0 radical (unpaired) electrons. The maximum absolute atomic E-state index is 8.71. The van der Waals surface area contributed by atoms with Crippen LogP contribution < -0.4 is 0 Å². The lowest BCUT2D eigenvalue weighted by molar-refractivity contribution is 1.26. The van der Waals surface area contributed by atoms with Gasteiger partial charge in [-0.05, 0) is 40.0 Å². The van der Waals surface area contributed by atoms with E-state index in [1.165, 1.54) is 0 Å². The molecule has 0 heterocycles. The van der Waals surface area contributed by atoms with Gasteiger partial charge in [0.05, 0.1) is 5.56 Å². The minimum absolute atomic E-state index is 0.675. The Labute approximate surface area is 80.5 Å². The predicted molar refractivity (Wildman–Crippen MR) is 52.8 cm³/mol. The Bertz CT molecular complexity index is 336. The highest BCUT2D eigenvalue weighted by atomic mass is 79.9. The zero-order chi connectivity index (χ0) is 8.97. The first-order valence-electron chi connectivity index (χ1n) is 3.57. The molecule has 60 valence electrons. The van der Waals surface area contributed by atoms with Crippen molar-refractivity contribution in [1.29, 1.82) is 5.26 Å². The molecule has 0 aliphatic heterocycles. The molecule has 12 heavy (non-hydrogen) atoms. The van der Waals surface area contributed by atoms with Crippen LogP contribution in [0.5, 0.6) is 0 Å². The minimum atomic E-state index is 0.675. The summed E-state index contributed by atoms with van der Waals surface area (Å²) >= 11 is 3.29. The highest BCUT2D eigenvalue weighted by Gasteiger charge is 1.98. The molecule has 0 fully saturated rings. The summed E-state index contributed by atoms with van der Waals surface area (Å²) in [6.07, 6.45) is 2.63. The van der Waals surface area contributed by atoms with Crippen molar-refractivity contribution in [3.05, 3.63) is 46.5 Å². The van der Waals surface area contributed by atoms with Crippen molar-refractivity contribution < 1.29 is 0 Å². The number of rotatable bonds is 2. The fraction of sp³-hybridized carbons (Fsp3) is 0.100. The Balaban J connectivity index is 3.07. The van der Waals surface area contributed by atoms with Crippen LogP contribution in [0.4, 0.5) is 0 Å². The molecular formula is C10H8BrN. The van der Waals surface area contributed by atoms with Gasteiger partial charge in [-0.2, -0.15) is 5.26 Å². The molecule has 0 saturated carbocycles. The summed E-state index contributed by atoms with van der Waals surface area (Å²) in [5.74, 6) is 0. The largest absolute Gasteiger partial charge is 0.192 e. The number of benzene rings is 1. The van der Waals surface area contributed by atoms with Crippen molar-refractivity contribution in [2.75, 3.05) is 0 Å². The van der Waals surface area contributed by atoms with Gasteiger partial charge in [0, 0.05) is 4.47 Å². The van der Waals surface area contributed by atoms with Gasteiger partial charge >= 0.3 is 0 Å². The molecule has 0 aliphatic rings. The van der Waals surface area contributed by atoms with Crippen molar-refractivity contribution in [2.24, 2.45) is 0 Å². The number of nitrogens with zero attached hydrogens (tertiary/aromatic N) is 1. The third-order valence-corrected chi connectivity index (χ3v) is 2.22. The maximum Gasteiger partial charge on any atom is 0.100 e. The van der Waals surface area contributed by atoms with Gasteiger partial charge in [0.15, 0.2) is 0 Å². The molecule has 0 amide bonds. The fourth-order valence-corrected chi connectivity index (χ4v) is 1.29. The lowest BCUT2D eigenvalue weighted by atomic mass is 10.1. The van der Waals surface area contributed by atoms with Crippen LogP contribution in [-0.2, 0) is 6.42 Å². The molecule has 1 aromatic rings. The number of halogens is 1. The summed E-state index contributed by atoms with van der Waals surface area (Å²) in [5.41, 5.74) is 1.79. The first kappa shape index (κ1) is 9.02. The highest BCUT2D eigenvalue weighted by Crippen LogP contribution is 2.17. The highest BCUT2D eigenvalue weighted by molar-refractivity contribution is 9.10. The summed E-state index contributed by atoms with van der Waals surface area (Å²) in [5, 5.41) is 8.71. The van der Waals surface area contributed by atoms with E-state index in [2.05, 4.69) is 28.6 Å². The average Bonchev–Trinajstić information content (AvgIpc) is 2.09. The summed E-state index contributed by atoms with van der Waals surface area (Å²) in [6.45, 7) is 3.64. The van der Waals surface area contributed by atoms with E-state index in [0.717, 1.165) is 16.5 Å². The van der Waals surface area contributed by atoms with Crippen LogP contribution in [0.3, 0.4) is 0 Å². The summed E-state index contributed by atoms with van der Waals surface area (Å²) in [7, 11) is 0. The monoisotopic (exact) mass is 221 g/mol. The van der Waals surface area contributed by atoms with Crippen LogP contribution in [-0.4, -0.2) is 0 Å². The van der Waals surface area contributed by atoms with Crippen LogP contribution in [0.15, 0.2) is 35.3 Å². The van der Waals surface area contributed by atoms with E-state index in [0.29, 0.717) is 5.56 Å². The third kappa shape index (κ3) is 1.96. The summed E-state index contributed by atoms with van der Waals surface area (Å²) in [6, 6.07) is 7.84. The molecule has 1 aromatic carbocycles. The molecule has 1 nitrogen and oxygen atoms in total. The third-order valence-electron chi connectivity index (χ3n) is 1.53. The molecule has 0 N–H and O–H groups in total. The number of hydrogen-bond acceptors (Lipinski definition) is 1. The van der Waals surface area contributed by atoms with Crippen LogP contribution >= 0.6 is 15.9 Å². The van der Waals surface area contributed by atoms with E-state index < -0.39 is 0 Å². The van der Waals surface area contributed by atoms with Gasteiger partial charge in [0.2, 0.25) is 0 Å². The molecule has 0 bridgehead atoms. The number of hydrogen-bond donors (Lipinski definition) is 0. The van der Waals surface area contributed by atoms with Crippen LogP contribution in [0.2, 0.25) is 0 Å². The summed E-state index contributed by atoms with van der Waals surface area (Å²) in [4.78, 5) is 0. The number of allylic oxidation sites excluding steroid dienone is 1. The van der Waals surface area contributed by atoms with E-state index in [4.69, 9.17) is 5.26 Å². The van der Waals surface area contributed by atoms with Crippen LogP contribution in [0.1, 0.15) is 11.1 Å². The van der Waals surface area contributed by atoms with Gasteiger partial charge in [0.1, 0.15) is 6.07 Å². The molecule has 0 aromatic heterocycles. The van der Waals surface area contributed by atoms with Gasteiger partial charge in [-0.1, -0.05) is 12.1 Å². The SMILES string of the molecule is C=CCc1ccc(Br)c(C#N)c1. The second-order valence-corrected chi connectivity index (χ2v) is 3.27. The van der Waals surface area contributed by atoms with Crippen molar-refractivity contribution in [2.45, 2.75) is 6.42 Å². The molecule has 0 aliphatic carbocycles. The maximum atomic E-state index is 8.71. The van der Waals surface area contributed by atoms with Gasteiger partial charge in [-0.3, -0.25) is 0 Å². The molecule has 0 unspecified atom stereocenters. The Hall–Kier alpha value is -1.07. The Morgan fingerprint density at radius 3 is 2.92 bits per heavy atom. The van der Waals surface area contributed by atoms with Crippen LogP contribution in [0.25, 0.3) is 0 Å². The lowest BCUT2D eigenvalue weighted by Gasteiger charge is -1.98. The van der Waals surface area contributed by atoms with Crippen molar-refractivity contribution in [3.63, 3.8) is 0 Å². The van der Waals surface area contributed by atoms with Crippen LogP contribution in [0, 0.1) is 11.3 Å². The van der Waals surface area contributed by atoms with Gasteiger partial charge < -0.3 is 0 Å². The normalized spacial score (nSPS) is 9.00. The standard InChI is InChI=1S/C10H8BrN/c1-2-3-8-4-5-10(11)9(6-8)7-12/h2,4-6H,1,3H2. The second-order valence-electron chi connectivity index (χ2n) is 2.42. The first-order valence-corrected chi connectivity index (χ1v) is 4.36.